The Morgan fingerprint density at radius 3 is 2.50 bits per heavy atom. The molecule has 0 fully saturated rings. The molecule has 46 valence electrons. The second-order valence-electron chi connectivity index (χ2n) is 1.24. The first-order valence-electron chi connectivity index (χ1n) is 2.24. The van der Waals surface area contributed by atoms with E-state index in [-0.39, 0.29) is 6.42 Å². The van der Waals surface area contributed by atoms with Gasteiger partial charge in [0.15, 0.2) is 6.29 Å². The van der Waals surface area contributed by atoms with E-state index in [1.807, 2.05) is 0 Å². The van der Waals surface area contributed by atoms with Gasteiger partial charge in [0.05, 0.1) is 0 Å². The van der Waals surface area contributed by atoms with E-state index in [4.69, 9.17) is 10.2 Å². The highest BCUT2D eigenvalue weighted by molar-refractivity contribution is 5.51. The fraction of sp³-hybridized carbons (Fsp3) is 0.400. The lowest BCUT2D eigenvalue weighted by atomic mass is 10.4. The van der Waals surface area contributed by atoms with Gasteiger partial charge in [0.2, 0.25) is 0 Å². The van der Waals surface area contributed by atoms with Crippen molar-refractivity contribution in [2.45, 2.75) is 12.7 Å². The Labute approximate surface area is 47.3 Å². The minimum atomic E-state index is -1.44. The van der Waals surface area contributed by atoms with Crippen molar-refractivity contribution >= 4 is 6.29 Å². The number of hydrogen-bond donors (Lipinski definition) is 2. The Balaban J connectivity index is 3.19. The number of aliphatic hydroxyl groups is 2. The summed E-state index contributed by atoms with van der Waals surface area (Å²) in [4.78, 5) is 9.57. The summed E-state index contributed by atoms with van der Waals surface area (Å²) in [5, 5.41) is 16.3. The molecule has 0 aromatic heterocycles. The summed E-state index contributed by atoms with van der Waals surface area (Å²) in [5.41, 5.74) is 0. The van der Waals surface area contributed by atoms with Crippen molar-refractivity contribution in [2.24, 2.45) is 0 Å². The molecule has 0 heterocycles. The second kappa shape index (κ2) is 4.49. The molecule has 0 unspecified atom stereocenters. The Hall–Kier alpha value is -0.670. The first-order chi connectivity index (χ1) is 3.77. The minimum absolute atomic E-state index is 0.234. The van der Waals surface area contributed by atoms with Gasteiger partial charge in [-0.3, -0.25) is 0 Å². The van der Waals surface area contributed by atoms with Crippen LogP contribution in [0.1, 0.15) is 6.42 Å². The summed E-state index contributed by atoms with van der Waals surface area (Å²) in [6, 6.07) is 0. The molecule has 3 nitrogen and oxygen atoms in total. The van der Waals surface area contributed by atoms with Crippen molar-refractivity contribution < 1.29 is 15.0 Å². The summed E-state index contributed by atoms with van der Waals surface area (Å²) >= 11 is 0. The van der Waals surface area contributed by atoms with Crippen LogP contribution in [-0.4, -0.2) is 22.8 Å². The van der Waals surface area contributed by atoms with E-state index in [2.05, 4.69) is 0 Å². The second-order valence-corrected chi connectivity index (χ2v) is 1.24. The normalized spacial score (nSPS) is 10.9. The maximum Gasteiger partial charge on any atom is 0.171 e. The van der Waals surface area contributed by atoms with Gasteiger partial charge < -0.3 is 15.0 Å². The van der Waals surface area contributed by atoms with E-state index in [0.29, 0.717) is 6.29 Å². The zero-order chi connectivity index (χ0) is 6.41. The maximum atomic E-state index is 9.57. The van der Waals surface area contributed by atoms with Crippen LogP contribution >= 0.6 is 0 Å². The van der Waals surface area contributed by atoms with Crippen LogP contribution in [0.25, 0.3) is 0 Å². The third-order valence-corrected chi connectivity index (χ3v) is 0.541. The summed E-state index contributed by atoms with van der Waals surface area (Å²) < 4.78 is 0. The van der Waals surface area contributed by atoms with Gasteiger partial charge in [-0.1, -0.05) is 6.08 Å². The molecule has 2 N–H and O–H groups in total. The number of carbonyl (C=O) groups excluding carboxylic acids is 1. The van der Waals surface area contributed by atoms with Crippen LogP contribution in [0.4, 0.5) is 0 Å². The van der Waals surface area contributed by atoms with Gasteiger partial charge >= 0.3 is 0 Å². The smallest absolute Gasteiger partial charge is 0.171 e. The molecule has 0 saturated heterocycles. The summed E-state index contributed by atoms with van der Waals surface area (Å²) in [7, 11) is 0. The Kier molecular flexibility index (Phi) is 4.11. The predicted octanol–water partition coefficient (Wildman–Crippen LogP) is -0.558. The highest BCUT2D eigenvalue weighted by Crippen LogP contribution is 1.80. The SMILES string of the molecule is O=CCC=CC(O)O. The van der Waals surface area contributed by atoms with Gasteiger partial charge in [0, 0.05) is 6.42 Å². The van der Waals surface area contributed by atoms with Crippen LogP contribution in [0.3, 0.4) is 0 Å². The molecule has 0 rings (SSSR count). The van der Waals surface area contributed by atoms with E-state index in [0.717, 1.165) is 6.08 Å². The van der Waals surface area contributed by atoms with Crippen LogP contribution in [0.15, 0.2) is 12.2 Å². The molecular weight excluding hydrogens is 108 g/mol. The molecular formula is C5H8O3. The molecule has 3 heteroatoms. The molecule has 0 aromatic carbocycles. The van der Waals surface area contributed by atoms with Crippen LogP contribution in [0, 0.1) is 0 Å². The standard InChI is InChI=1S/C5H8O3/c6-4-2-1-3-5(7)8/h1,3-5,7-8H,2H2. The lowest BCUT2D eigenvalue weighted by Crippen LogP contribution is -1.96. The van der Waals surface area contributed by atoms with Crippen molar-refractivity contribution in [1.82, 2.24) is 0 Å². The molecule has 0 aromatic rings. The molecule has 0 aliphatic carbocycles. The summed E-state index contributed by atoms with van der Waals surface area (Å²) in [6.07, 6.45) is 2.00. The Morgan fingerprint density at radius 1 is 1.50 bits per heavy atom. The highest BCUT2D eigenvalue weighted by atomic mass is 16.5. The van der Waals surface area contributed by atoms with Crippen molar-refractivity contribution in [3.63, 3.8) is 0 Å². The van der Waals surface area contributed by atoms with Gasteiger partial charge in [-0.05, 0) is 6.08 Å². The minimum Gasteiger partial charge on any atom is -0.365 e. The van der Waals surface area contributed by atoms with Gasteiger partial charge in [0.25, 0.3) is 0 Å². The molecule has 0 radical (unpaired) electrons. The molecule has 0 saturated carbocycles. The fourth-order valence-corrected chi connectivity index (χ4v) is 0.256. The molecule has 0 spiro atoms. The largest absolute Gasteiger partial charge is 0.365 e. The fourth-order valence-electron chi connectivity index (χ4n) is 0.256. The average molecular weight is 116 g/mol. The van der Waals surface area contributed by atoms with Crippen molar-refractivity contribution in [2.75, 3.05) is 0 Å². The van der Waals surface area contributed by atoms with Crippen LogP contribution < -0.4 is 0 Å². The van der Waals surface area contributed by atoms with E-state index in [1.165, 1.54) is 6.08 Å². The number of hydrogen-bond acceptors (Lipinski definition) is 3. The first-order valence-corrected chi connectivity index (χ1v) is 2.24. The van der Waals surface area contributed by atoms with Crippen LogP contribution in [0.2, 0.25) is 0 Å². The summed E-state index contributed by atoms with van der Waals surface area (Å²) in [5.74, 6) is 0. The lowest BCUT2D eigenvalue weighted by molar-refractivity contribution is -0.107. The topological polar surface area (TPSA) is 57.5 Å². The van der Waals surface area contributed by atoms with Gasteiger partial charge in [-0.25, -0.2) is 0 Å². The van der Waals surface area contributed by atoms with Gasteiger partial charge in [-0.2, -0.15) is 0 Å². The first kappa shape index (κ1) is 7.33. The molecule has 0 bridgehead atoms. The molecule has 8 heavy (non-hydrogen) atoms. The molecule has 0 aliphatic heterocycles. The van der Waals surface area contributed by atoms with Crippen LogP contribution in [0.5, 0.6) is 0 Å². The van der Waals surface area contributed by atoms with E-state index < -0.39 is 6.29 Å². The third-order valence-electron chi connectivity index (χ3n) is 0.541. The van der Waals surface area contributed by atoms with Crippen molar-refractivity contribution in [3.8, 4) is 0 Å². The van der Waals surface area contributed by atoms with Crippen LogP contribution in [-0.2, 0) is 4.79 Å². The van der Waals surface area contributed by atoms with E-state index in [1.54, 1.807) is 0 Å². The quantitative estimate of drug-likeness (QED) is 0.295. The van der Waals surface area contributed by atoms with Crippen molar-refractivity contribution in [1.29, 1.82) is 0 Å². The Morgan fingerprint density at radius 2 is 2.12 bits per heavy atom. The van der Waals surface area contributed by atoms with Gasteiger partial charge in [0.1, 0.15) is 6.29 Å². The number of rotatable bonds is 3. The molecule has 0 amide bonds. The lowest BCUT2D eigenvalue weighted by Gasteiger charge is -1.88. The van der Waals surface area contributed by atoms with E-state index >= 15 is 0 Å². The van der Waals surface area contributed by atoms with Gasteiger partial charge in [-0.15, -0.1) is 0 Å². The number of allylic oxidation sites excluding steroid dienone is 1. The summed E-state index contributed by atoms with van der Waals surface area (Å²) in [6.45, 7) is 0. The predicted molar refractivity (Wildman–Crippen MR) is 28.0 cm³/mol. The third kappa shape index (κ3) is 5.33. The monoisotopic (exact) mass is 116 g/mol. The highest BCUT2D eigenvalue weighted by Gasteiger charge is 1.83. The Bertz CT molecular complexity index is 85.7. The zero-order valence-corrected chi connectivity index (χ0v) is 4.32. The molecule has 0 aliphatic rings. The number of aliphatic hydroxyl groups excluding tert-OH is 1. The van der Waals surface area contributed by atoms with Crippen molar-refractivity contribution in [3.05, 3.63) is 12.2 Å². The molecule has 0 atom stereocenters. The average Bonchev–Trinajstić information content (AvgIpc) is 1.66. The number of aldehydes is 1. The maximum absolute atomic E-state index is 9.57. The zero-order valence-electron chi connectivity index (χ0n) is 4.32. The van der Waals surface area contributed by atoms with E-state index in [9.17, 15) is 4.79 Å². The number of carbonyl (C=O) groups is 1.